The molecule has 1 rings (SSSR count). The molecule has 0 aromatic heterocycles. The van der Waals surface area contributed by atoms with E-state index in [9.17, 15) is 4.79 Å². The van der Waals surface area contributed by atoms with E-state index >= 15 is 0 Å². The van der Waals surface area contributed by atoms with Crippen LogP contribution in [0, 0.1) is 0 Å². The van der Waals surface area contributed by atoms with Crippen LogP contribution in [0.5, 0.6) is 0 Å². The molecule has 4 nitrogen and oxygen atoms in total. The van der Waals surface area contributed by atoms with Gasteiger partial charge in [0.1, 0.15) is 6.61 Å². The molecule has 1 N–H and O–H groups in total. The van der Waals surface area contributed by atoms with Gasteiger partial charge in [0, 0.05) is 31.8 Å². The molecular weight excluding hydrogens is 252 g/mol. The fourth-order valence-corrected chi connectivity index (χ4v) is 2.11. The normalized spacial score (nSPS) is 23.6. The lowest BCUT2D eigenvalue weighted by Gasteiger charge is -2.38. The minimum atomic E-state index is 0. The first-order valence-corrected chi connectivity index (χ1v) is 6.77. The summed E-state index contributed by atoms with van der Waals surface area (Å²) in [4.78, 5) is 13.9. The predicted octanol–water partition coefficient (Wildman–Crippen LogP) is 1.82. The number of piperazine rings is 1. The summed E-state index contributed by atoms with van der Waals surface area (Å²) in [6.45, 7) is 8.99. The van der Waals surface area contributed by atoms with E-state index in [4.69, 9.17) is 4.74 Å². The van der Waals surface area contributed by atoms with E-state index in [1.165, 1.54) is 12.8 Å². The van der Waals surface area contributed by atoms with Crippen molar-refractivity contribution in [2.45, 2.75) is 52.1 Å². The lowest BCUT2D eigenvalue weighted by atomic mass is 10.1. The molecule has 1 amide bonds. The van der Waals surface area contributed by atoms with Gasteiger partial charge in [-0.3, -0.25) is 4.79 Å². The Bertz CT molecular complexity index is 239. The molecule has 1 fully saturated rings. The molecule has 0 saturated carbocycles. The summed E-state index contributed by atoms with van der Waals surface area (Å²) in [7, 11) is 0. The van der Waals surface area contributed by atoms with E-state index in [0.717, 1.165) is 19.5 Å². The molecule has 108 valence electrons. The molecule has 2 unspecified atom stereocenters. The highest BCUT2D eigenvalue weighted by Crippen LogP contribution is 2.09. The molecule has 1 aliphatic heterocycles. The SMILES string of the molecule is CCCCCOCC(=O)N1CCNC(C)C1C.Cl. The second kappa shape index (κ2) is 9.59. The summed E-state index contributed by atoms with van der Waals surface area (Å²) >= 11 is 0. The lowest BCUT2D eigenvalue weighted by Crippen LogP contribution is -2.57. The van der Waals surface area contributed by atoms with E-state index < -0.39 is 0 Å². The zero-order valence-electron chi connectivity index (χ0n) is 11.8. The van der Waals surface area contributed by atoms with Crippen LogP contribution in [0.4, 0.5) is 0 Å². The number of hydrogen-bond donors (Lipinski definition) is 1. The Morgan fingerprint density at radius 3 is 2.78 bits per heavy atom. The van der Waals surface area contributed by atoms with Crippen molar-refractivity contribution in [3.63, 3.8) is 0 Å². The maximum atomic E-state index is 12.0. The monoisotopic (exact) mass is 278 g/mol. The topological polar surface area (TPSA) is 41.6 Å². The molecule has 1 saturated heterocycles. The third kappa shape index (κ3) is 5.55. The Balaban J connectivity index is 0.00000289. The fraction of sp³-hybridized carbons (Fsp3) is 0.923. The van der Waals surface area contributed by atoms with Crippen molar-refractivity contribution in [3.8, 4) is 0 Å². The van der Waals surface area contributed by atoms with Gasteiger partial charge in [0.25, 0.3) is 0 Å². The van der Waals surface area contributed by atoms with Gasteiger partial charge in [0.15, 0.2) is 0 Å². The Kier molecular flexibility index (Phi) is 9.42. The Morgan fingerprint density at radius 1 is 1.39 bits per heavy atom. The van der Waals surface area contributed by atoms with Crippen LogP contribution in [-0.4, -0.2) is 49.2 Å². The predicted molar refractivity (Wildman–Crippen MR) is 76.2 cm³/mol. The summed E-state index contributed by atoms with van der Waals surface area (Å²) in [5.41, 5.74) is 0. The van der Waals surface area contributed by atoms with Gasteiger partial charge in [-0.15, -0.1) is 12.4 Å². The van der Waals surface area contributed by atoms with Gasteiger partial charge in [-0.2, -0.15) is 0 Å². The molecule has 0 spiro atoms. The van der Waals surface area contributed by atoms with Gasteiger partial charge in [-0.25, -0.2) is 0 Å². The highest BCUT2D eigenvalue weighted by molar-refractivity contribution is 5.85. The number of ether oxygens (including phenoxy) is 1. The lowest BCUT2D eigenvalue weighted by molar-refractivity contribution is -0.139. The smallest absolute Gasteiger partial charge is 0.248 e. The number of amides is 1. The van der Waals surface area contributed by atoms with Crippen LogP contribution >= 0.6 is 12.4 Å². The van der Waals surface area contributed by atoms with Crippen LogP contribution in [0.25, 0.3) is 0 Å². The molecule has 0 radical (unpaired) electrons. The van der Waals surface area contributed by atoms with Crippen molar-refractivity contribution in [3.05, 3.63) is 0 Å². The van der Waals surface area contributed by atoms with E-state index in [0.29, 0.717) is 12.6 Å². The van der Waals surface area contributed by atoms with Gasteiger partial charge in [-0.1, -0.05) is 19.8 Å². The first kappa shape index (κ1) is 17.7. The van der Waals surface area contributed by atoms with Gasteiger partial charge in [-0.05, 0) is 20.3 Å². The van der Waals surface area contributed by atoms with Crippen LogP contribution < -0.4 is 5.32 Å². The highest BCUT2D eigenvalue weighted by atomic mass is 35.5. The van der Waals surface area contributed by atoms with Crippen molar-refractivity contribution >= 4 is 18.3 Å². The largest absolute Gasteiger partial charge is 0.372 e. The molecule has 2 atom stereocenters. The highest BCUT2D eigenvalue weighted by Gasteiger charge is 2.27. The molecular formula is C13H27ClN2O2. The number of halogens is 1. The Labute approximate surface area is 117 Å². The number of nitrogens with one attached hydrogen (secondary N) is 1. The van der Waals surface area contributed by atoms with Crippen molar-refractivity contribution in [1.82, 2.24) is 10.2 Å². The standard InChI is InChI=1S/C13H26N2O2.ClH/c1-4-5-6-9-17-10-13(16)15-8-7-14-11(2)12(15)3;/h11-12,14H,4-10H2,1-3H3;1H. The average molecular weight is 279 g/mol. The van der Waals surface area contributed by atoms with Crippen LogP contribution in [0.1, 0.15) is 40.0 Å². The fourth-order valence-electron chi connectivity index (χ4n) is 2.11. The van der Waals surface area contributed by atoms with E-state index in [1.807, 2.05) is 4.90 Å². The molecule has 0 aliphatic carbocycles. The minimum absolute atomic E-state index is 0. The molecule has 5 heteroatoms. The van der Waals surface area contributed by atoms with Crippen molar-refractivity contribution in [2.75, 3.05) is 26.3 Å². The Morgan fingerprint density at radius 2 is 2.11 bits per heavy atom. The van der Waals surface area contributed by atoms with Crippen LogP contribution in [-0.2, 0) is 9.53 Å². The summed E-state index contributed by atoms with van der Waals surface area (Å²) in [5, 5.41) is 3.37. The summed E-state index contributed by atoms with van der Waals surface area (Å²) in [6, 6.07) is 0.628. The van der Waals surface area contributed by atoms with Crippen LogP contribution in [0.3, 0.4) is 0 Å². The number of hydrogen-bond acceptors (Lipinski definition) is 3. The Hall–Kier alpha value is -0.320. The second-order valence-electron chi connectivity index (χ2n) is 4.83. The third-order valence-corrected chi connectivity index (χ3v) is 3.47. The zero-order valence-corrected chi connectivity index (χ0v) is 12.6. The first-order valence-electron chi connectivity index (χ1n) is 6.77. The molecule has 18 heavy (non-hydrogen) atoms. The van der Waals surface area contributed by atoms with Gasteiger partial charge >= 0.3 is 0 Å². The third-order valence-electron chi connectivity index (χ3n) is 3.47. The molecule has 0 bridgehead atoms. The maximum absolute atomic E-state index is 12.0. The molecule has 1 heterocycles. The molecule has 1 aliphatic rings. The average Bonchev–Trinajstić information content (AvgIpc) is 2.32. The van der Waals surface area contributed by atoms with Crippen molar-refractivity contribution in [2.24, 2.45) is 0 Å². The number of carbonyl (C=O) groups is 1. The van der Waals surface area contributed by atoms with Gasteiger partial charge < -0.3 is 15.0 Å². The number of rotatable bonds is 6. The van der Waals surface area contributed by atoms with Crippen LogP contribution in [0.15, 0.2) is 0 Å². The summed E-state index contributed by atoms with van der Waals surface area (Å²) in [5.74, 6) is 0.127. The summed E-state index contributed by atoms with van der Waals surface area (Å²) < 4.78 is 5.42. The summed E-state index contributed by atoms with van der Waals surface area (Å²) in [6.07, 6.45) is 3.41. The number of unbranched alkanes of at least 4 members (excludes halogenated alkanes) is 2. The number of carbonyl (C=O) groups excluding carboxylic acids is 1. The minimum Gasteiger partial charge on any atom is -0.372 e. The second-order valence-corrected chi connectivity index (χ2v) is 4.83. The van der Waals surface area contributed by atoms with Gasteiger partial charge in [0.2, 0.25) is 5.91 Å². The van der Waals surface area contributed by atoms with Gasteiger partial charge in [0.05, 0.1) is 0 Å². The quantitative estimate of drug-likeness (QED) is 0.754. The first-order chi connectivity index (χ1) is 8.16. The van der Waals surface area contributed by atoms with Crippen molar-refractivity contribution < 1.29 is 9.53 Å². The maximum Gasteiger partial charge on any atom is 0.248 e. The molecule has 0 aromatic carbocycles. The van der Waals surface area contributed by atoms with E-state index in [-0.39, 0.29) is 31.0 Å². The van der Waals surface area contributed by atoms with E-state index in [1.54, 1.807) is 0 Å². The van der Waals surface area contributed by atoms with Crippen LogP contribution in [0.2, 0.25) is 0 Å². The van der Waals surface area contributed by atoms with E-state index in [2.05, 4.69) is 26.1 Å². The van der Waals surface area contributed by atoms with Crippen molar-refractivity contribution in [1.29, 1.82) is 0 Å². The zero-order chi connectivity index (χ0) is 12.7. The number of nitrogens with zero attached hydrogens (tertiary/aromatic N) is 1. The molecule has 0 aromatic rings.